The Morgan fingerprint density at radius 3 is 2.10 bits per heavy atom. The maximum Gasteiger partial charge on any atom is 0.274 e. The third-order valence-corrected chi connectivity index (χ3v) is 5.77. The molecular formula is C21H27FN6O. The van der Waals surface area contributed by atoms with Gasteiger partial charge in [0.25, 0.3) is 5.91 Å². The molecule has 29 heavy (non-hydrogen) atoms. The second-order valence-corrected chi connectivity index (χ2v) is 7.45. The van der Waals surface area contributed by atoms with Crippen molar-refractivity contribution in [2.24, 2.45) is 0 Å². The van der Waals surface area contributed by atoms with Crippen molar-refractivity contribution in [2.45, 2.75) is 6.92 Å². The number of nitrogens with zero attached hydrogens (tertiary/aromatic N) is 6. The van der Waals surface area contributed by atoms with Crippen molar-refractivity contribution >= 4 is 17.4 Å². The zero-order chi connectivity index (χ0) is 20.2. The summed E-state index contributed by atoms with van der Waals surface area (Å²) in [6.07, 6.45) is 0. The maximum atomic E-state index is 13.1. The van der Waals surface area contributed by atoms with Gasteiger partial charge in [0.05, 0.1) is 0 Å². The minimum atomic E-state index is -0.218. The van der Waals surface area contributed by atoms with Gasteiger partial charge in [0.15, 0.2) is 11.5 Å². The fourth-order valence-corrected chi connectivity index (χ4v) is 3.88. The molecule has 1 aromatic heterocycles. The van der Waals surface area contributed by atoms with Crippen LogP contribution >= 0.6 is 0 Å². The molecule has 2 fully saturated rings. The normalized spacial score (nSPS) is 18.2. The summed E-state index contributed by atoms with van der Waals surface area (Å²) in [4.78, 5) is 21.3. The first-order valence-corrected chi connectivity index (χ1v) is 10.2. The van der Waals surface area contributed by atoms with E-state index in [0.717, 1.165) is 70.4 Å². The molecular weight excluding hydrogens is 371 g/mol. The predicted octanol–water partition coefficient (Wildman–Crippen LogP) is 1.72. The minimum absolute atomic E-state index is 0.0408. The molecule has 8 heteroatoms. The summed E-state index contributed by atoms with van der Waals surface area (Å²) < 4.78 is 13.1. The quantitative estimate of drug-likeness (QED) is 0.782. The van der Waals surface area contributed by atoms with Crippen LogP contribution in [0.1, 0.15) is 17.4 Å². The fourth-order valence-electron chi connectivity index (χ4n) is 3.88. The number of aromatic nitrogens is 2. The third kappa shape index (κ3) is 4.48. The number of rotatable bonds is 4. The molecule has 0 aliphatic carbocycles. The van der Waals surface area contributed by atoms with E-state index in [1.165, 1.54) is 12.1 Å². The van der Waals surface area contributed by atoms with Crippen molar-refractivity contribution in [1.82, 2.24) is 20.0 Å². The van der Waals surface area contributed by atoms with E-state index >= 15 is 0 Å². The van der Waals surface area contributed by atoms with Crippen molar-refractivity contribution in [2.75, 3.05) is 68.7 Å². The van der Waals surface area contributed by atoms with Gasteiger partial charge in [0.2, 0.25) is 0 Å². The highest BCUT2D eigenvalue weighted by Crippen LogP contribution is 2.19. The molecule has 0 bridgehead atoms. The van der Waals surface area contributed by atoms with Gasteiger partial charge in [0.1, 0.15) is 5.82 Å². The van der Waals surface area contributed by atoms with E-state index in [4.69, 9.17) is 0 Å². The Hall–Kier alpha value is -2.74. The molecule has 154 valence electrons. The third-order valence-electron chi connectivity index (χ3n) is 5.77. The van der Waals surface area contributed by atoms with Crippen molar-refractivity contribution < 1.29 is 9.18 Å². The summed E-state index contributed by atoms with van der Waals surface area (Å²) in [7, 11) is 0. The fraction of sp³-hybridized carbons (Fsp3) is 0.476. The largest absolute Gasteiger partial charge is 0.368 e. The molecule has 2 saturated heterocycles. The minimum Gasteiger partial charge on any atom is -0.368 e. The molecule has 7 nitrogen and oxygen atoms in total. The zero-order valence-electron chi connectivity index (χ0n) is 16.8. The summed E-state index contributed by atoms with van der Waals surface area (Å²) in [5.74, 6) is 0.529. The average Bonchev–Trinajstić information content (AvgIpc) is 2.79. The lowest BCUT2D eigenvalue weighted by molar-refractivity contribution is 0.0636. The highest BCUT2D eigenvalue weighted by molar-refractivity contribution is 5.92. The molecule has 0 radical (unpaired) electrons. The van der Waals surface area contributed by atoms with E-state index < -0.39 is 0 Å². The lowest BCUT2D eigenvalue weighted by atomic mass is 10.2. The van der Waals surface area contributed by atoms with Gasteiger partial charge in [-0.15, -0.1) is 10.2 Å². The first-order valence-electron chi connectivity index (χ1n) is 10.2. The van der Waals surface area contributed by atoms with Gasteiger partial charge in [0, 0.05) is 58.0 Å². The molecule has 2 aliphatic heterocycles. The first kappa shape index (κ1) is 19.6. The van der Waals surface area contributed by atoms with E-state index in [1.54, 1.807) is 6.07 Å². The average molecular weight is 398 g/mol. The van der Waals surface area contributed by atoms with Crippen LogP contribution in [0.5, 0.6) is 0 Å². The maximum absolute atomic E-state index is 13.1. The molecule has 1 amide bonds. The summed E-state index contributed by atoms with van der Waals surface area (Å²) in [5.41, 5.74) is 1.44. The molecule has 4 rings (SSSR count). The number of amides is 1. The number of anilines is 2. The van der Waals surface area contributed by atoms with Crippen LogP contribution in [0.3, 0.4) is 0 Å². The van der Waals surface area contributed by atoms with Crippen molar-refractivity contribution in [3.8, 4) is 0 Å². The lowest BCUT2D eigenvalue weighted by Gasteiger charge is -2.36. The second kappa shape index (κ2) is 8.73. The van der Waals surface area contributed by atoms with Crippen LogP contribution in [-0.2, 0) is 0 Å². The summed E-state index contributed by atoms with van der Waals surface area (Å²) in [6.45, 7) is 9.72. The second-order valence-electron chi connectivity index (χ2n) is 7.45. The molecule has 3 heterocycles. The molecule has 2 aromatic rings. The Labute approximate surface area is 170 Å². The summed E-state index contributed by atoms with van der Waals surface area (Å²) in [5, 5.41) is 8.51. The lowest BCUT2D eigenvalue weighted by Crippen LogP contribution is -2.48. The molecule has 0 N–H and O–H groups in total. The molecule has 0 spiro atoms. The zero-order valence-corrected chi connectivity index (χ0v) is 16.8. The Bertz CT molecular complexity index is 812. The number of carbonyl (C=O) groups is 1. The number of carbonyl (C=O) groups excluding carboxylic acids is 1. The van der Waals surface area contributed by atoms with Gasteiger partial charge in [-0.1, -0.05) is 6.92 Å². The number of likely N-dealkylation sites (N-methyl/N-ethyl adjacent to an activating group) is 1. The van der Waals surface area contributed by atoms with Gasteiger partial charge in [-0.25, -0.2) is 4.39 Å². The van der Waals surface area contributed by atoms with Crippen LogP contribution in [0, 0.1) is 5.82 Å². The smallest absolute Gasteiger partial charge is 0.274 e. The van der Waals surface area contributed by atoms with Gasteiger partial charge < -0.3 is 19.6 Å². The van der Waals surface area contributed by atoms with Crippen LogP contribution in [0.25, 0.3) is 0 Å². The van der Waals surface area contributed by atoms with Crippen LogP contribution in [0.15, 0.2) is 36.4 Å². The van der Waals surface area contributed by atoms with Gasteiger partial charge in [-0.05, 0) is 42.9 Å². The Morgan fingerprint density at radius 2 is 1.52 bits per heavy atom. The highest BCUT2D eigenvalue weighted by Gasteiger charge is 2.23. The molecule has 2 aliphatic rings. The van der Waals surface area contributed by atoms with Gasteiger partial charge in [-0.3, -0.25) is 4.79 Å². The Kier molecular flexibility index (Phi) is 5.89. The van der Waals surface area contributed by atoms with E-state index in [-0.39, 0.29) is 11.7 Å². The summed E-state index contributed by atoms with van der Waals surface area (Å²) >= 11 is 0. The highest BCUT2D eigenvalue weighted by atomic mass is 19.1. The van der Waals surface area contributed by atoms with E-state index in [9.17, 15) is 9.18 Å². The number of halogens is 1. The van der Waals surface area contributed by atoms with E-state index in [2.05, 4.69) is 31.8 Å². The van der Waals surface area contributed by atoms with E-state index in [1.807, 2.05) is 23.1 Å². The standard InChI is InChI=1S/C21H27FN6O/c1-2-25-9-11-28(12-10-25)21(29)19-7-8-20(24-23-19)27-15-13-26(14-16-27)18-5-3-17(22)4-6-18/h3-8H,2,9-16H2,1H3. The topological polar surface area (TPSA) is 55.8 Å². The SMILES string of the molecule is CCN1CCN(C(=O)c2ccc(N3CCN(c4ccc(F)cc4)CC3)nn2)CC1. The van der Waals surface area contributed by atoms with Crippen molar-refractivity contribution in [3.05, 3.63) is 47.9 Å². The molecule has 1 aromatic carbocycles. The Morgan fingerprint density at radius 1 is 0.862 bits per heavy atom. The van der Waals surface area contributed by atoms with Crippen LogP contribution in [0.2, 0.25) is 0 Å². The van der Waals surface area contributed by atoms with Gasteiger partial charge >= 0.3 is 0 Å². The number of benzene rings is 1. The first-order chi connectivity index (χ1) is 14.1. The van der Waals surface area contributed by atoms with Crippen molar-refractivity contribution in [3.63, 3.8) is 0 Å². The van der Waals surface area contributed by atoms with Crippen LogP contribution in [0.4, 0.5) is 15.9 Å². The summed E-state index contributed by atoms with van der Waals surface area (Å²) in [6, 6.07) is 10.3. The molecule has 0 unspecified atom stereocenters. The number of hydrogen-bond donors (Lipinski definition) is 0. The van der Waals surface area contributed by atoms with E-state index in [0.29, 0.717) is 5.69 Å². The van der Waals surface area contributed by atoms with Crippen molar-refractivity contribution in [1.29, 1.82) is 0 Å². The molecule has 0 atom stereocenters. The number of hydrogen-bond acceptors (Lipinski definition) is 6. The Balaban J connectivity index is 1.33. The number of piperazine rings is 2. The predicted molar refractivity (Wildman–Crippen MR) is 111 cm³/mol. The van der Waals surface area contributed by atoms with Crippen LogP contribution in [-0.4, -0.2) is 84.8 Å². The molecule has 0 saturated carbocycles. The monoisotopic (exact) mass is 398 g/mol. The van der Waals surface area contributed by atoms with Gasteiger partial charge in [-0.2, -0.15) is 0 Å². The van der Waals surface area contributed by atoms with Crippen LogP contribution < -0.4 is 9.80 Å².